The summed E-state index contributed by atoms with van der Waals surface area (Å²) >= 11 is 0. The third-order valence-corrected chi connectivity index (χ3v) is 2.80. The third-order valence-electron chi connectivity index (χ3n) is 2.80. The van der Waals surface area contributed by atoms with Crippen molar-refractivity contribution in [1.82, 2.24) is 15.0 Å². The molecule has 22 heavy (non-hydrogen) atoms. The summed E-state index contributed by atoms with van der Waals surface area (Å²) in [6.45, 7) is 3.89. The van der Waals surface area contributed by atoms with Crippen molar-refractivity contribution in [3.8, 4) is 17.8 Å². The van der Waals surface area contributed by atoms with Crippen molar-refractivity contribution < 1.29 is 9.13 Å². The number of nitriles is 1. The Bertz CT molecular complexity index is 698. The van der Waals surface area contributed by atoms with Gasteiger partial charge in [0, 0.05) is 20.0 Å². The average molecular weight is 301 g/mol. The van der Waals surface area contributed by atoms with Crippen molar-refractivity contribution in [1.29, 1.82) is 5.26 Å². The van der Waals surface area contributed by atoms with Gasteiger partial charge in [-0.3, -0.25) is 0 Å². The van der Waals surface area contributed by atoms with E-state index in [1.807, 2.05) is 19.9 Å². The summed E-state index contributed by atoms with van der Waals surface area (Å²) in [6, 6.07) is 5.83. The minimum atomic E-state index is -0.642. The molecular weight excluding hydrogens is 285 g/mol. The second-order valence-electron chi connectivity index (χ2n) is 5.18. The van der Waals surface area contributed by atoms with E-state index >= 15 is 0 Å². The number of rotatable bonds is 4. The lowest BCUT2D eigenvalue weighted by molar-refractivity contribution is 0.405. The van der Waals surface area contributed by atoms with Gasteiger partial charge in [-0.05, 0) is 18.2 Å². The molecular formula is C15H16FN5O. The number of ether oxygens (including phenoxy) is 1. The zero-order chi connectivity index (χ0) is 16.3. The first kappa shape index (κ1) is 15.6. The van der Waals surface area contributed by atoms with E-state index in [1.54, 1.807) is 19.0 Å². The van der Waals surface area contributed by atoms with Crippen LogP contribution in [0, 0.1) is 17.1 Å². The molecule has 0 unspecified atom stereocenters. The average Bonchev–Trinajstić information content (AvgIpc) is 2.48. The van der Waals surface area contributed by atoms with Crippen molar-refractivity contribution in [2.75, 3.05) is 19.0 Å². The highest BCUT2D eigenvalue weighted by atomic mass is 19.1. The number of benzene rings is 1. The van der Waals surface area contributed by atoms with Crippen LogP contribution in [0.1, 0.15) is 31.2 Å². The first-order valence-electron chi connectivity index (χ1n) is 6.71. The number of nitrogens with zero attached hydrogens (tertiary/aromatic N) is 5. The Labute approximate surface area is 128 Å². The van der Waals surface area contributed by atoms with E-state index in [-0.39, 0.29) is 23.2 Å². The predicted molar refractivity (Wildman–Crippen MR) is 79.4 cm³/mol. The Hall–Kier alpha value is -2.75. The number of anilines is 1. The van der Waals surface area contributed by atoms with Gasteiger partial charge < -0.3 is 9.64 Å². The number of aromatic nitrogens is 3. The lowest BCUT2D eigenvalue weighted by atomic mass is 10.2. The summed E-state index contributed by atoms with van der Waals surface area (Å²) in [5.74, 6) is 0.391. The second kappa shape index (κ2) is 6.35. The van der Waals surface area contributed by atoms with Crippen LogP contribution in [-0.2, 0) is 0 Å². The molecule has 7 heteroatoms. The zero-order valence-corrected chi connectivity index (χ0v) is 12.8. The van der Waals surface area contributed by atoms with Gasteiger partial charge in [-0.2, -0.15) is 20.2 Å². The maximum atomic E-state index is 13.9. The first-order chi connectivity index (χ1) is 10.4. The first-order valence-corrected chi connectivity index (χ1v) is 6.71. The van der Waals surface area contributed by atoms with Crippen molar-refractivity contribution in [3.63, 3.8) is 0 Å². The lowest BCUT2D eigenvalue weighted by Crippen LogP contribution is -2.15. The Morgan fingerprint density at radius 2 is 1.95 bits per heavy atom. The van der Waals surface area contributed by atoms with Crippen molar-refractivity contribution in [2.24, 2.45) is 0 Å². The standard InChI is InChI=1S/C15H16FN5O/c1-9(2)13-18-14(21(3)4)20-15(19-13)22-12-6-5-10(8-17)7-11(12)16/h5-7,9H,1-4H3. The Morgan fingerprint density at radius 3 is 2.50 bits per heavy atom. The normalized spacial score (nSPS) is 10.4. The molecule has 1 aromatic heterocycles. The number of halogens is 1. The van der Waals surface area contributed by atoms with Crippen LogP contribution < -0.4 is 9.64 Å². The van der Waals surface area contributed by atoms with Gasteiger partial charge in [0.05, 0.1) is 11.6 Å². The van der Waals surface area contributed by atoms with E-state index in [4.69, 9.17) is 10.00 Å². The van der Waals surface area contributed by atoms with Crippen LogP contribution in [0.3, 0.4) is 0 Å². The molecule has 2 aromatic rings. The van der Waals surface area contributed by atoms with Gasteiger partial charge >= 0.3 is 6.01 Å². The monoisotopic (exact) mass is 301 g/mol. The fraction of sp³-hybridized carbons (Fsp3) is 0.333. The SMILES string of the molecule is CC(C)c1nc(Oc2ccc(C#N)cc2F)nc(N(C)C)n1. The minimum Gasteiger partial charge on any atom is -0.421 e. The second-order valence-corrected chi connectivity index (χ2v) is 5.18. The molecule has 114 valence electrons. The summed E-state index contributed by atoms with van der Waals surface area (Å²) in [5, 5.41) is 8.74. The maximum Gasteiger partial charge on any atom is 0.327 e. The molecule has 1 aromatic carbocycles. The molecule has 2 rings (SSSR count). The van der Waals surface area contributed by atoms with Crippen LogP contribution in [-0.4, -0.2) is 29.0 Å². The van der Waals surface area contributed by atoms with Gasteiger partial charge in [0.2, 0.25) is 5.95 Å². The molecule has 6 nitrogen and oxygen atoms in total. The Balaban J connectivity index is 2.38. The van der Waals surface area contributed by atoms with Gasteiger partial charge in [-0.15, -0.1) is 0 Å². The molecule has 0 atom stereocenters. The fourth-order valence-electron chi connectivity index (χ4n) is 1.62. The molecule has 0 aliphatic carbocycles. The fourth-order valence-corrected chi connectivity index (χ4v) is 1.62. The van der Waals surface area contributed by atoms with Crippen LogP contribution in [0.2, 0.25) is 0 Å². The van der Waals surface area contributed by atoms with Crippen LogP contribution in [0.25, 0.3) is 0 Å². The van der Waals surface area contributed by atoms with E-state index in [1.165, 1.54) is 12.1 Å². The smallest absolute Gasteiger partial charge is 0.327 e. The highest BCUT2D eigenvalue weighted by Gasteiger charge is 2.14. The van der Waals surface area contributed by atoms with Crippen LogP contribution in [0.15, 0.2) is 18.2 Å². The van der Waals surface area contributed by atoms with Gasteiger partial charge in [0.1, 0.15) is 5.82 Å². The highest BCUT2D eigenvalue weighted by Crippen LogP contribution is 2.24. The Morgan fingerprint density at radius 1 is 1.23 bits per heavy atom. The molecule has 0 bridgehead atoms. The van der Waals surface area contributed by atoms with Crippen LogP contribution >= 0.6 is 0 Å². The molecule has 0 aliphatic rings. The Kier molecular flexibility index (Phi) is 4.51. The van der Waals surface area contributed by atoms with E-state index in [0.717, 1.165) is 6.07 Å². The molecule has 0 aliphatic heterocycles. The largest absolute Gasteiger partial charge is 0.421 e. The van der Waals surface area contributed by atoms with E-state index in [9.17, 15) is 4.39 Å². The number of hydrogen-bond donors (Lipinski definition) is 0. The summed E-state index contributed by atoms with van der Waals surface area (Å²) in [4.78, 5) is 14.4. The molecule has 0 N–H and O–H groups in total. The molecule has 0 fully saturated rings. The molecule has 0 amide bonds. The quantitative estimate of drug-likeness (QED) is 0.864. The molecule has 1 heterocycles. The van der Waals surface area contributed by atoms with Crippen LogP contribution in [0.4, 0.5) is 10.3 Å². The van der Waals surface area contributed by atoms with E-state index in [0.29, 0.717) is 11.8 Å². The van der Waals surface area contributed by atoms with Crippen LogP contribution in [0.5, 0.6) is 11.8 Å². The molecule has 0 spiro atoms. The minimum absolute atomic E-state index is 0.0195. The maximum absolute atomic E-state index is 13.9. The highest BCUT2D eigenvalue weighted by molar-refractivity contribution is 5.37. The zero-order valence-electron chi connectivity index (χ0n) is 12.8. The topological polar surface area (TPSA) is 74.9 Å². The molecule has 0 radical (unpaired) electrons. The summed E-state index contributed by atoms with van der Waals surface area (Å²) in [5.41, 5.74) is 0.220. The summed E-state index contributed by atoms with van der Waals surface area (Å²) < 4.78 is 19.3. The summed E-state index contributed by atoms with van der Waals surface area (Å²) in [7, 11) is 3.59. The van der Waals surface area contributed by atoms with Gasteiger partial charge in [-0.25, -0.2) is 4.39 Å². The van der Waals surface area contributed by atoms with Crippen molar-refractivity contribution in [2.45, 2.75) is 19.8 Å². The third kappa shape index (κ3) is 3.47. The lowest BCUT2D eigenvalue weighted by Gasteiger charge is -2.14. The van der Waals surface area contributed by atoms with E-state index in [2.05, 4.69) is 15.0 Å². The van der Waals surface area contributed by atoms with Crippen molar-refractivity contribution >= 4 is 5.95 Å². The van der Waals surface area contributed by atoms with Gasteiger partial charge in [0.25, 0.3) is 0 Å². The summed E-state index contributed by atoms with van der Waals surface area (Å²) in [6.07, 6.45) is 0. The van der Waals surface area contributed by atoms with Crippen molar-refractivity contribution in [3.05, 3.63) is 35.4 Å². The van der Waals surface area contributed by atoms with Gasteiger partial charge in [-0.1, -0.05) is 13.8 Å². The number of hydrogen-bond acceptors (Lipinski definition) is 6. The molecule has 0 saturated heterocycles. The predicted octanol–water partition coefficient (Wildman–Crippen LogP) is 2.86. The van der Waals surface area contributed by atoms with Gasteiger partial charge in [0.15, 0.2) is 11.6 Å². The molecule has 0 saturated carbocycles. The van der Waals surface area contributed by atoms with E-state index < -0.39 is 5.82 Å².